The minimum Gasteiger partial charge on any atom is -0.497 e. The molecule has 0 aromatic heterocycles. The molecule has 2 amide bonds. The fourth-order valence-corrected chi connectivity index (χ4v) is 2.49. The van der Waals surface area contributed by atoms with Crippen LogP contribution in [0.1, 0.15) is 21.5 Å². The number of ether oxygens (including phenoxy) is 3. The molecule has 0 bridgehead atoms. The van der Waals surface area contributed by atoms with E-state index < -0.39 is 18.5 Å². The fraction of sp³-hybridized carbons (Fsp3) is 0.286. The summed E-state index contributed by atoms with van der Waals surface area (Å²) in [4.78, 5) is 36.2. The summed E-state index contributed by atoms with van der Waals surface area (Å²) in [7, 11) is 2.88. The Labute approximate surface area is 169 Å². The lowest BCUT2D eigenvalue weighted by Crippen LogP contribution is -2.35. The van der Waals surface area contributed by atoms with Crippen LogP contribution in [0.2, 0.25) is 0 Å². The first-order valence-corrected chi connectivity index (χ1v) is 8.87. The Kier molecular flexibility index (Phi) is 7.59. The van der Waals surface area contributed by atoms with Crippen LogP contribution < -0.4 is 20.1 Å². The first-order valence-electron chi connectivity index (χ1n) is 8.87. The molecule has 2 N–H and O–H groups in total. The third-order valence-corrected chi connectivity index (χ3v) is 4.29. The quantitative estimate of drug-likeness (QED) is 0.659. The van der Waals surface area contributed by atoms with E-state index in [1.807, 2.05) is 26.0 Å². The lowest BCUT2D eigenvalue weighted by Gasteiger charge is -2.12. The smallest absolute Gasteiger partial charge is 0.342 e. The van der Waals surface area contributed by atoms with Crippen molar-refractivity contribution in [2.45, 2.75) is 13.8 Å². The lowest BCUT2D eigenvalue weighted by molar-refractivity contribution is -0.126. The maximum absolute atomic E-state index is 12.2. The Morgan fingerprint density at radius 1 is 0.966 bits per heavy atom. The summed E-state index contributed by atoms with van der Waals surface area (Å²) in [5.41, 5.74) is 2.81. The van der Waals surface area contributed by atoms with Gasteiger partial charge in [0.2, 0.25) is 5.91 Å². The molecule has 2 aromatic carbocycles. The molecular weight excluding hydrogens is 376 g/mol. The molecule has 0 spiro atoms. The van der Waals surface area contributed by atoms with Crippen LogP contribution in [0.4, 0.5) is 5.69 Å². The molecule has 154 valence electrons. The van der Waals surface area contributed by atoms with Gasteiger partial charge in [0.25, 0.3) is 5.91 Å². The van der Waals surface area contributed by atoms with Crippen molar-refractivity contribution in [1.82, 2.24) is 5.32 Å². The number of hydrogen-bond donors (Lipinski definition) is 2. The van der Waals surface area contributed by atoms with Crippen LogP contribution in [-0.2, 0) is 14.3 Å². The first kappa shape index (κ1) is 21.7. The number of carbonyl (C=O) groups is 3. The summed E-state index contributed by atoms with van der Waals surface area (Å²) in [6.07, 6.45) is 0. The third kappa shape index (κ3) is 5.97. The summed E-state index contributed by atoms with van der Waals surface area (Å²) in [5, 5.41) is 5.14. The molecule has 0 unspecified atom stereocenters. The zero-order valence-electron chi connectivity index (χ0n) is 16.8. The van der Waals surface area contributed by atoms with E-state index in [1.54, 1.807) is 18.2 Å². The van der Waals surface area contributed by atoms with E-state index in [0.29, 0.717) is 17.2 Å². The van der Waals surface area contributed by atoms with Crippen LogP contribution in [0.15, 0.2) is 36.4 Å². The van der Waals surface area contributed by atoms with E-state index in [9.17, 15) is 14.4 Å². The van der Waals surface area contributed by atoms with Crippen LogP contribution in [0.25, 0.3) is 0 Å². The number of aryl methyl sites for hydroxylation is 1. The fourth-order valence-electron chi connectivity index (χ4n) is 2.49. The van der Waals surface area contributed by atoms with E-state index >= 15 is 0 Å². The Morgan fingerprint density at radius 3 is 2.41 bits per heavy atom. The van der Waals surface area contributed by atoms with Crippen LogP contribution in [0.3, 0.4) is 0 Å². The molecule has 2 rings (SSSR count). The largest absolute Gasteiger partial charge is 0.497 e. The Morgan fingerprint density at radius 2 is 1.72 bits per heavy atom. The van der Waals surface area contributed by atoms with Crippen LogP contribution >= 0.6 is 0 Å². The number of rotatable bonds is 8. The van der Waals surface area contributed by atoms with Crippen molar-refractivity contribution < 1.29 is 28.6 Å². The van der Waals surface area contributed by atoms with E-state index in [1.165, 1.54) is 20.3 Å². The number of benzene rings is 2. The standard InChI is InChI=1S/C21H24N2O6/c1-13-6-5-7-17(14(13)2)23-19(24)11-22-20(25)12-29-21(26)16-10-15(27-3)8-9-18(16)28-4/h5-10H,11-12H2,1-4H3,(H,22,25)(H,23,24). The number of methoxy groups -OCH3 is 2. The molecule has 0 saturated heterocycles. The van der Waals surface area contributed by atoms with Crippen LogP contribution in [-0.4, -0.2) is 45.2 Å². The average Bonchev–Trinajstić information content (AvgIpc) is 2.73. The maximum atomic E-state index is 12.2. The SMILES string of the molecule is COc1ccc(OC)c(C(=O)OCC(=O)NCC(=O)Nc2cccc(C)c2C)c1. The van der Waals surface area contributed by atoms with Crippen molar-refractivity contribution in [3.8, 4) is 11.5 Å². The van der Waals surface area contributed by atoms with Gasteiger partial charge in [0.1, 0.15) is 17.1 Å². The van der Waals surface area contributed by atoms with Gasteiger partial charge in [0, 0.05) is 5.69 Å². The molecule has 0 fully saturated rings. The van der Waals surface area contributed by atoms with Gasteiger partial charge in [0.05, 0.1) is 20.8 Å². The number of esters is 1. The summed E-state index contributed by atoms with van der Waals surface area (Å²) in [6, 6.07) is 10.2. The highest BCUT2D eigenvalue weighted by Gasteiger charge is 2.17. The van der Waals surface area contributed by atoms with E-state index in [-0.39, 0.29) is 18.0 Å². The van der Waals surface area contributed by atoms with E-state index in [2.05, 4.69) is 10.6 Å². The van der Waals surface area contributed by atoms with E-state index in [4.69, 9.17) is 14.2 Å². The maximum Gasteiger partial charge on any atom is 0.342 e. The molecule has 0 atom stereocenters. The zero-order valence-corrected chi connectivity index (χ0v) is 16.8. The van der Waals surface area contributed by atoms with Gasteiger partial charge >= 0.3 is 5.97 Å². The molecule has 29 heavy (non-hydrogen) atoms. The monoisotopic (exact) mass is 400 g/mol. The highest BCUT2D eigenvalue weighted by Crippen LogP contribution is 2.24. The molecular formula is C21H24N2O6. The Bertz CT molecular complexity index is 910. The summed E-state index contributed by atoms with van der Waals surface area (Å²) in [5.74, 6) is -0.977. The Hall–Kier alpha value is -3.55. The highest BCUT2D eigenvalue weighted by atomic mass is 16.5. The third-order valence-electron chi connectivity index (χ3n) is 4.29. The molecule has 0 radical (unpaired) electrons. The van der Waals surface area contributed by atoms with Crippen molar-refractivity contribution in [2.75, 3.05) is 32.7 Å². The van der Waals surface area contributed by atoms with Crippen molar-refractivity contribution in [3.05, 3.63) is 53.1 Å². The van der Waals surface area contributed by atoms with Crippen molar-refractivity contribution in [3.63, 3.8) is 0 Å². The second-order valence-corrected chi connectivity index (χ2v) is 6.21. The number of hydrogen-bond acceptors (Lipinski definition) is 6. The molecule has 0 aliphatic rings. The molecule has 0 saturated carbocycles. The van der Waals surface area contributed by atoms with Gasteiger partial charge in [-0.1, -0.05) is 12.1 Å². The van der Waals surface area contributed by atoms with Gasteiger partial charge in [-0.05, 0) is 49.2 Å². The van der Waals surface area contributed by atoms with Crippen molar-refractivity contribution in [2.24, 2.45) is 0 Å². The number of amides is 2. The second-order valence-electron chi connectivity index (χ2n) is 6.21. The topological polar surface area (TPSA) is 103 Å². The van der Waals surface area contributed by atoms with Crippen LogP contribution in [0.5, 0.6) is 11.5 Å². The number of anilines is 1. The van der Waals surface area contributed by atoms with E-state index in [0.717, 1.165) is 11.1 Å². The molecule has 0 aliphatic heterocycles. The number of nitrogens with one attached hydrogen (secondary N) is 2. The van der Waals surface area contributed by atoms with Crippen molar-refractivity contribution in [1.29, 1.82) is 0 Å². The minimum absolute atomic E-state index is 0.132. The van der Waals surface area contributed by atoms with Gasteiger partial charge in [-0.25, -0.2) is 4.79 Å². The zero-order chi connectivity index (χ0) is 21.4. The molecule has 8 heteroatoms. The molecule has 0 aliphatic carbocycles. The first-order chi connectivity index (χ1) is 13.8. The predicted octanol–water partition coefficient (Wildman–Crippen LogP) is 2.23. The molecule has 8 nitrogen and oxygen atoms in total. The molecule has 2 aromatic rings. The normalized spacial score (nSPS) is 10.1. The predicted molar refractivity (Wildman–Crippen MR) is 107 cm³/mol. The average molecular weight is 400 g/mol. The second kappa shape index (κ2) is 10.1. The summed E-state index contributed by atoms with van der Waals surface area (Å²) >= 11 is 0. The van der Waals surface area contributed by atoms with Crippen LogP contribution in [0, 0.1) is 13.8 Å². The van der Waals surface area contributed by atoms with Crippen molar-refractivity contribution >= 4 is 23.5 Å². The highest BCUT2D eigenvalue weighted by molar-refractivity contribution is 5.96. The van der Waals surface area contributed by atoms with Gasteiger partial charge in [0.15, 0.2) is 6.61 Å². The Balaban J connectivity index is 1.84. The number of carbonyl (C=O) groups excluding carboxylic acids is 3. The van der Waals surface area contributed by atoms with Gasteiger partial charge in [-0.2, -0.15) is 0 Å². The van der Waals surface area contributed by atoms with Gasteiger partial charge in [-0.15, -0.1) is 0 Å². The van der Waals surface area contributed by atoms with Gasteiger partial charge in [-0.3, -0.25) is 9.59 Å². The summed E-state index contributed by atoms with van der Waals surface area (Å²) in [6.45, 7) is 3.07. The van der Waals surface area contributed by atoms with Gasteiger partial charge < -0.3 is 24.8 Å². The minimum atomic E-state index is -0.740. The lowest BCUT2D eigenvalue weighted by atomic mass is 10.1. The summed E-state index contributed by atoms with van der Waals surface area (Å²) < 4.78 is 15.2. The molecule has 0 heterocycles.